The maximum absolute atomic E-state index is 12.7. The second-order valence-electron chi connectivity index (χ2n) is 3.95. The van der Waals surface area contributed by atoms with Crippen molar-refractivity contribution in [2.24, 2.45) is 0 Å². The Kier molecular flexibility index (Phi) is 6.62. The Hall–Kier alpha value is -2.02. The summed E-state index contributed by atoms with van der Waals surface area (Å²) in [5, 5.41) is 8.85. The first-order valence-corrected chi connectivity index (χ1v) is 6.91. The predicted octanol–water partition coefficient (Wildman–Crippen LogP) is 3.88. The molecule has 0 aliphatic rings. The van der Waals surface area contributed by atoms with Crippen molar-refractivity contribution in [2.75, 3.05) is 6.61 Å². The third-order valence-electron chi connectivity index (χ3n) is 2.38. The molecule has 10 heteroatoms. The number of hydrogen-bond acceptors (Lipinski definition) is 5. The number of halogens is 5. The van der Waals surface area contributed by atoms with E-state index in [1.165, 1.54) is 13.0 Å². The first-order valence-electron chi connectivity index (χ1n) is 6.10. The van der Waals surface area contributed by atoms with Crippen molar-refractivity contribution in [3.8, 4) is 11.8 Å². The fraction of sp³-hybridized carbons (Fsp3) is 0.385. The van der Waals surface area contributed by atoms with Gasteiger partial charge in [-0.1, -0.05) is 6.07 Å². The highest BCUT2D eigenvalue weighted by Gasteiger charge is 2.34. The normalized spacial score (nSPS) is 11.2. The van der Waals surface area contributed by atoms with E-state index in [-0.39, 0.29) is 12.2 Å². The van der Waals surface area contributed by atoms with Crippen LogP contribution >= 0.6 is 11.8 Å². The average molecular weight is 355 g/mol. The van der Waals surface area contributed by atoms with Crippen LogP contribution in [0, 0.1) is 11.3 Å². The molecule has 0 saturated heterocycles. The molecule has 0 bridgehead atoms. The minimum absolute atomic E-state index is 0.0112. The molecule has 1 aromatic rings. The minimum atomic E-state index is -4.82. The van der Waals surface area contributed by atoms with Crippen LogP contribution in [0.4, 0.5) is 22.0 Å². The Morgan fingerprint density at radius 1 is 1.39 bits per heavy atom. The van der Waals surface area contributed by atoms with Crippen molar-refractivity contribution in [2.45, 2.75) is 30.4 Å². The highest BCUT2D eigenvalue weighted by atomic mass is 32.2. The van der Waals surface area contributed by atoms with E-state index in [1.807, 2.05) is 0 Å². The standard InChI is InChI=1S/C13H10F5NO3S/c1-2-21-9(20)5-7-3-4-8(6-19)10(22-12(14)15)11(7)23-13(16,17)18/h3-4,12H,2,5H2,1H3. The van der Waals surface area contributed by atoms with Gasteiger partial charge >= 0.3 is 18.1 Å². The van der Waals surface area contributed by atoms with Crippen LogP contribution in [0.5, 0.6) is 5.75 Å². The number of thioether (sulfide) groups is 1. The highest BCUT2D eigenvalue weighted by molar-refractivity contribution is 8.00. The molecule has 0 heterocycles. The van der Waals surface area contributed by atoms with Gasteiger partial charge in [0.1, 0.15) is 6.07 Å². The number of ether oxygens (including phenoxy) is 2. The number of carbonyl (C=O) groups excluding carboxylic acids is 1. The minimum Gasteiger partial charge on any atom is -0.466 e. The molecule has 0 aliphatic carbocycles. The zero-order chi connectivity index (χ0) is 17.6. The first kappa shape index (κ1) is 19.0. The lowest BCUT2D eigenvalue weighted by molar-refractivity contribution is -0.142. The van der Waals surface area contributed by atoms with E-state index in [2.05, 4.69) is 9.47 Å². The largest absolute Gasteiger partial charge is 0.466 e. The van der Waals surface area contributed by atoms with Gasteiger partial charge in [-0.05, 0) is 30.3 Å². The Morgan fingerprint density at radius 3 is 2.52 bits per heavy atom. The van der Waals surface area contributed by atoms with Gasteiger partial charge in [-0.25, -0.2) is 0 Å². The van der Waals surface area contributed by atoms with Gasteiger partial charge in [0.2, 0.25) is 0 Å². The number of carbonyl (C=O) groups is 1. The van der Waals surface area contributed by atoms with Crippen LogP contribution < -0.4 is 4.74 Å². The molecule has 0 aliphatic heterocycles. The van der Waals surface area contributed by atoms with Gasteiger partial charge in [0, 0.05) is 0 Å². The Labute approximate surface area is 132 Å². The number of benzene rings is 1. The van der Waals surface area contributed by atoms with E-state index in [9.17, 15) is 26.7 Å². The highest BCUT2D eigenvalue weighted by Crippen LogP contribution is 2.45. The molecule has 1 aromatic carbocycles. The Morgan fingerprint density at radius 2 is 2.04 bits per heavy atom. The van der Waals surface area contributed by atoms with Crippen molar-refractivity contribution in [3.05, 3.63) is 23.3 Å². The molecule has 1 rings (SSSR count). The summed E-state index contributed by atoms with van der Waals surface area (Å²) in [6.45, 7) is -1.91. The molecule has 126 valence electrons. The molecule has 0 fully saturated rings. The summed E-state index contributed by atoms with van der Waals surface area (Å²) < 4.78 is 71.6. The molecule has 0 radical (unpaired) electrons. The van der Waals surface area contributed by atoms with E-state index in [0.717, 1.165) is 12.1 Å². The van der Waals surface area contributed by atoms with Crippen molar-refractivity contribution >= 4 is 17.7 Å². The van der Waals surface area contributed by atoms with E-state index < -0.39 is 52.5 Å². The molecule has 4 nitrogen and oxygen atoms in total. The van der Waals surface area contributed by atoms with E-state index in [0.29, 0.717) is 0 Å². The van der Waals surface area contributed by atoms with Gasteiger partial charge in [0.05, 0.1) is 23.5 Å². The van der Waals surface area contributed by atoms with E-state index in [4.69, 9.17) is 5.26 Å². The number of alkyl halides is 5. The van der Waals surface area contributed by atoms with Gasteiger partial charge in [-0.2, -0.15) is 27.2 Å². The van der Waals surface area contributed by atoms with Crippen molar-refractivity contribution in [3.63, 3.8) is 0 Å². The van der Waals surface area contributed by atoms with Gasteiger partial charge < -0.3 is 9.47 Å². The number of rotatable bonds is 6. The second-order valence-corrected chi connectivity index (χ2v) is 5.03. The molecular weight excluding hydrogens is 345 g/mol. The zero-order valence-corrected chi connectivity index (χ0v) is 12.4. The van der Waals surface area contributed by atoms with E-state index in [1.54, 1.807) is 0 Å². The smallest absolute Gasteiger partial charge is 0.446 e. The van der Waals surface area contributed by atoms with Crippen LogP contribution in [0.3, 0.4) is 0 Å². The summed E-state index contributed by atoms with van der Waals surface area (Å²) in [6, 6.07) is 3.56. The number of nitriles is 1. The number of esters is 1. The second kappa shape index (κ2) is 8.01. The first-order chi connectivity index (χ1) is 10.7. The summed E-state index contributed by atoms with van der Waals surface area (Å²) in [6.07, 6.45) is -0.572. The molecule has 0 unspecified atom stereocenters. The van der Waals surface area contributed by atoms with Crippen molar-refractivity contribution < 1.29 is 36.2 Å². The topological polar surface area (TPSA) is 59.3 Å². The van der Waals surface area contributed by atoms with Crippen LogP contribution in [0.1, 0.15) is 18.1 Å². The van der Waals surface area contributed by atoms with Gasteiger partial charge in [-0.3, -0.25) is 4.79 Å². The zero-order valence-electron chi connectivity index (χ0n) is 11.6. The van der Waals surface area contributed by atoms with E-state index >= 15 is 0 Å². The summed E-state index contributed by atoms with van der Waals surface area (Å²) in [7, 11) is 0. The number of hydrogen-bond donors (Lipinski definition) is 0. The molecule has 0 spiro atoms. The lowest BCUT2D eigenvalue weighted by atomic mass is 10.1. The van der Waals surface area contributed by atoms with Gasteiger partial charge in [0.15, 0.2) is 5.75 Å². The summed E-state index contributed by atoms with van der Waals surface area (Å²) >= 11 is -0.732. The predicted molar refractivity (Wildman–Crippen MR) is 70.0 cm³/mol. The fourth-order valence-electron chi connectivity index (χ4n) is 1.63. The quantitative estimate of drug-likeness (QED) is 0.440. The summed E-state index contributed by atoms with van der Waals surface area (Å²) in [5.74, 6) is -1.74. The number of nitrogens with zero attached hydrogens (tertiary/aromatic N) is 1. The average Bonchev–Trinajstić information content (AvgIpc) is 2.41. The van der Waals surface area contributed by atoms with Crippen LogP contribution in [-0.2, 0) is 16.0 Å². The molecule has 23 heavy (non-hydrogen) atoms. The maximum Gasteiger partial charge on any atom is 0.446 e. The molecule has 0 saturated carbocycles. The summed E-state index contributed by atoms with van der Waals surface area (Å²) in [4.78, 5) is 10.7. The molecule has 0 atom stereocenters. The van der Waals surface area contributed by atoms with Crippen molar-refractivity contribution in [1.29, 1.82) is 5.26 Å². The fourth-order valence-corrected chi connectivity index (χ4v) is 2.39. The van der Waals surface area contributed by atoms with Crippen LogP contribution in [0.15, 0.2) is 17.0 Å². The monoisotopic (exact) mass is 355 g/mol. The van der Waals surface area contributed by atoms with Gasteiger partial charge in [-0.15, -0.1) is 0 Å². The van der Waals surface area contributed by atoms with Crippen LogP contribution in [-0.4, -0.2) is 24.7 Å². The van der Waals surface area contributed by atoms with Crippen LogP contribution in [0.25, 0.3) is 0 Å². The Bertz CT molecular complexity index is 613. The van der Waals surface area contributed by atoms with Crippen LogP contribution in [0.2, 0.25) is 0 Å². The molecule has 0 N–H and O–H groups in total. The molecule has 0 amide bonds. The lowest BCUT2D eigenvalue weighted by Gasteiger charge is -2.17. The maximum atomic E-state index is 12.7. The third-order valence-corrected chi connectivity index (χ3v) is 3.26. The lowest BCUT2D eigenvalue weighted by Crippen LogP contribution is -2.12. The Balaban J connectivity index is 3.38. The summed E-state index contributed by atoms with van der Waals surface area (Å²) in [5.41, 5.74) is -5.54. The van der Waals surface area contributed by atoms with Gasteiger partial charge in [0.25, 0.3) is 0 Å². The molecular formula is C13H10F5NO3S. The third kappa shape index (κ3) is 5.94. The van der Waals surface area contributed by atoms with Crippen molar-refractivity contribution in [1.82, 2.24) is 0 Å². The SMILES string of the molecule is CCOC(=O)Cc1ccc(C#N)c(OC(F)F)c1SC(F)(F)F. The molecule has 0 aromatic heterocycles.